The summed E-state index contributed by atoms with van der Waals surface area (Å²) >= 11 is 6.07. The van der Waals surface area contributed by atoms with E-state index >= 15 is 0 Å². The summed E-state index contributed by atoms with van der Waals surface area (Å²) in [7, 11) is 0. The van der Waals surface area contributed by atoms with Crippen LogP contribution in [0.25, 0.3) is 6.08 Å². The number of nitro groups is 1. The van der Waals surface area contributed by atoms with Crippen molar-refractivity contribution >= 4 is 46.0 Å². The molecular formula is C17H12N2O4S2. The number of thiocarbonyl (C=S) groups is 1. The quantitative estimate of drug-likeness (QED) is 0.373. The summed E-state index contributed by atoms with van der Waals surface area (Å²) in [6.45, 7) is 0.312. The Balaban J connectivity index is 1.91. The van der Waals surface area contributed by atoms with Crippen molar-refractivity contribution in [1.29, 1.82) is 0 Å². The van der Waals surface area contributed by atoms with Gasteiger partial charge in [-0.15, -0.1) is 0 Å². The lowest BCUT2D eigenvalue weighted by atomic mass is 10.1. The highest BCUT2D eigenvalue weighted by atomic mass is 32.2. The molecule has 0 unspecified atom stereocenters. The molecule has 0 radical (unpaired) electrons. The minimum Gasteiger partial charge on any atom is -0.488 e. The van der Waals surface area contributed by atoms with Gasteiger partial charge in [0.25, 0.3) is 11.6 Å². The van der Waals surface area contributed by atoms with Crippen LogP contribution in [0.1, 0.15) is 11.1 Å². The Morgan fingerprint density at radius 3 is 2.64 bits per heavy atom. The SMILES string of the molecule is O=C1NC(=S)S/C1=C/c1cc([N+](=O)[O-])ccc1OCc1ccccc1. The van der Waals surface area contributed by atoms with Crippen LogP contribution in [0, 0.1) is 10.1 Å². The molecule has 0 saturated carbocycles. The molecule has 0 aliphatic carbocycles. The third-order valence-corrected chi connectivity index (χ3v) is 4.53. The summed E-state index contributed by atoms with van der Waals surface area (Å²) < 4.78 is 6.14. The molecule has 0 aromatic heterocycles. The summed E-state index contributed by atoms with van der Waals surface area (Å²) in [6.07, 6.45) is 1.55. The first-order valence-electron chi connectivity index (χ1n) is 7.23. The monoisotopic (exact) mass is 372 g/mol. The molecular weight excluding hydrogens is 360 g/mol. The highest BCUT2D eigenvalue weighted by Crippen LogP contribution is 2.31. The van der Waals surface area contributed by atoms with Gasteiger partial charge < -0.3 is 10.1 Å². The molecule has 2 aromatic rings. The zero-order chi connectivity index (χ0) is 17.8. The first-order chi connectivity index (χ1) is 12.0. The fourth-order valence-corrected chi connectivity index (χ4v) is 3.23. The molecule has 25 heavy (non-hydrogen) atoms. The van der Waals surface area contributed by atoms with E-state index in [9.17, 15) is 14.9 Å². The fourth-order valence-electron chi connectivity index (χ4n) is 2.19. The van der Waals surface area contributed by atoms with E-state index in [-0.39, 0.29) is 11.6 Å². The van der Waals surface area contributed by atoms with Gasteiger partial charge in [0.1, 0.15) is 16.7 Å². The Bertz CT molecular complexity index is 881. The van der Waals surface area contributed by atoms with Gasteiger partial charge in [-0.3, -0.25) is 14.9 Å². The van der Waals surface area contributed by atoms with Gasteiger partial charge in [-0.2, -0.15) is 0 Å². The number of hydrogen-bond donors (Lipinski definition) is 1. The van der Waals surface area contributed by atoms with Gasteiger partial charge in [0.15, 0.2) is 0 Å². The molecule has 1 N–H and O–H groups in total. The van der Waals surface area contributed by atoms with E-state index in [1.807, 2.05) is 30.3 Å². The third-order valence-electron chi connectivity index (χ3n) is 3.37. The minimum atomic E-state index is -0.491. The summed E-state index contributed by atoms with van der Waals surface area (Å²) in [4.78, 5) is 22.8. The number of thioether (sulfide) groups is 1. The van der Waals surface area contributed by atoms with Crippen LogP contribution in [-0.2, 0) is 11.4 Å². The molecule has 2 aromatic carbocycles. The Morgan fingerprint density at radius 1 is 1.24 bits per heavy atom. The molecule has 3 rings (SSSR count). The molecule has 1 heterocycles. The van der Waals surface area contributed by atoms with Crippen molar-refractivity contribution in [2.45, 2.75) is 6.61 Å². The number of rotatable bonds is 5. The van der Waals surface area contributed by atoms with Gasteiger partial charge in [0, 0.05) is 17.7 Å². The third kappa shape index (κ3) is 4.23. The van der Waals surface area contributed by atoms with Gasteiger partial charge in [-0.05, 0) is 17.7 Å². The number of benzene rings is 2. The van der Waals surface area contributed by atoms with E-state index in [0.717, 1.165) is 17.3 Å². The van der Waals surface area contributed by atoms with E-state index in [0.29, 0.717) is 27.1 Å². The van der Waals surface area contributed by atoms with Crippen molar-refractivity contribution < 1.29 is 14.5 Å². The lowest BCUT2D eigenvalue weighted by Gasteiger charge is -2.10. The largest absolute Gasteiger partial charge is 0.488 e. The molecule has 0 atom stereocenters. The second-order valence-corrected chi connectivity index (χ2v) is 6.82. The van der Waals surface area contributed by atoms with Crippen LogP contribution >= 0.6 is 24.0 Å². The van der Waals surface area contributed by atoms with E-state index < -0.39 is 4.92 Å². The molecule has 1 amide bonds. The molecule has 1 fully saturated rings. The van der Waals surface area contributed by atoms with E-state index in [1.165, 1.54) is 18.2 Å². The predicted octanol–water partition coefficient (Wildman–Crippen LogP) is 3.66. The molecule has 1 saturated heterocycles. The number of carbonyl (C=O) groups excluding carboxylic acids is 1. The average molecular weight is 372 g/mol. The number of nitrogens with zero attached hydrogens (tertiary/aromatic N) is 1. The van der Waals surface area contributed by atoms with Crippen molar-refractivity contribution in [1.82, 2.24) is 5.32 Å². The van der Waals surface area contributed by atoms with Crippen molar-refractivity contribution in [3.63, 3.8) is 0 Å². The Hall–Kier alpha value is -2.71. The Labute approximate surface area is 153 Å². The van der Waals surface area contributed by atoms with Gasteiger partial charge in [0.2, 0.25) is 0 Å². The first kappa shape index (κ1) is 17.1. The number of amides is 1. The fraction of sp³-hybridized carbons (Fsp3) is 0.0588. The summed E-state index contributed by atoms with van der Waals surface area (Å²) in [5.74, 6) is 0.128. The number of hydrogen-bond acceptors (Lipinski definition) is 6. The molecule has 8 heteroatoms. The van der Waals surface area contributed by atoms with Crippen LogP contribution in [0.3, 0.4) is 0 Å². The van der Waals surface area contributed by atoms with Crippen molar-refractivity contribution in [3.05, 3.63) is 74.7 Å². The second-order valence-electron chi connectivity index (χ2n) is 5.11. The van der Waals surface area contributed by atoms with E-state index in [4.69, 9.17) is 17.0 Å². The maximum Gasteiger partial charge on any atom is 0.270 e. The smallest absolute Gasteiger partial charge is 0.270 e. The number of ether oxygens (including phenoxy) is 1. The highest BCUT2D eigenvalue weighted by Gasteiger charge is 2.23. The molecule has 1 aliphatic rings. The number of non-ortho nitro benzene ring substituents is 1. The number of nitrogens with one attached hydrogen (secondary N) is 1. The van der Waals surface area contributed by atoms with Gasteiger partial charge >= 0.3 is 0 Å². The van der Waals surface area contributed by atoms with Gasteiger partial charge in [-0.25, -0.2) is 0 Å². The van der Waals surface area contributed by atoms with E-state index in [1.54, 1.807) is 6.08 Å². The van der Waals surface area contributed by atoms with Crippen LogP contribution in [0.5, 0.6) is 5.75 Å². The maximum absolute atomic E-state index is 11.8. The molecule has 0 spiro atoms. The Kier molecular flexibility index (Phi) is 5.11. The molecule has 0 bridgehead atoms. The highest BCUT2D eigenvalue weighted by molar-refractivity contribution is 8.26. The molecule has 6 nitrogen and oxygen atoms in total. The normalized spacial score (nSPS) is 15.3. The lowest BCUT2D eigenvalue weighted by Crippen LogP contribution is -2.17. The van der Waals surface area contributed by atoms with Crippen molar-refractivity contribution in [2.75, 3.05) is 0 Å². The zero-order valence-electron chi connectivity index (χ0n) is 12.8. The van der Waals surface area contributed by atoms with E-state index in [2.05, 4.69) is 5.32 Å². The van der Waals surface area contributed by atoms with Crippen LogP contribution in [0.2, 0.25) is 0 Å². The van der Waals surface area contributed by atoms with Crippen LogP contribution in [0.4, 0.5) is 5.69 Å². The van der Waals surface area contributed by atoms with Crippen LogP contribution in [-0.4, -0.2) is 15.2 Å². The lowest BCUT2D eigenvalue weighted by molar-refractivity contribution is -0.384. The zero-order valence-corrected chi connectivity index (χ0v) is 14.4. The van der Waals surface area contributed by atoms with Gasteiger partial charge in [0.05, 0.1) is 9.83 Å². The second kappa shape index (κ2) is 7.45. The standard InChI is InChI=1S/C17H12N2O4S2/c20-16-15(25-17(24)18-16)9-12-8-13(19(21)22)6-7-14(12)23-10-11-4-2-1-3-5-11/h1-9H,10H2,(H,18,20,24)/b15-9+. The van der Waals surface area contributed by atoms with Crippen LogP contribution in [0.15, 0.2) is 53.4 Å². The van der Waals surface area contributed by atoms with Gasteiger partial charge in [-0.1, -0.05) is 54.3 Å². The van der Waals surface area contributed by atoms with Crippen molar-refractivity contribution in [3.8, 4) is 5.75 Å². The Morgan fingerprint density at radius 2 is 2.00 bits per heavy atom. The molecule has 126 valence electrons. The minimum absolute atomic E-state index is 0.0788. The van der Waals surface area contributed by atoms with Crippen molar-refractivity contribution in [2.24, 2.45) is 0 Å². The average Bonchev–Trinajstić information content (AvgIpc) is 2.91. The summed E-state index contributed by atoms with van der Waals surface area (Å²) in [5.41, 5.74) is 1.34. The number of carbonyl (C=O) groups is 1. The predicted molar refractivity (Wildman–Crippen MR) is 100 cm³/mol. The molecule has 1 aliphatic heterocycles. The topological polar surface area (TPSA) is 81.5 Å². The summed E-state index contributed by atoms with van der Waals surface area (Å²) in [5, 5.41) is 13.6. The first-order valence-corrected chi connectivity index (χ1v) is 8.45. The van der Waals surface area contributed by atoms with Crippen LogP contribution < -0.4 is 10.1 Å². The maximum atomic E-state index is 11.8. The summed E-state index contributed by atoms with van der Waals surface area (Å²) in [6, 6.07) is 13.8. The number of nitro benzene ring substituents is 1.